The lowest BCUT2D eigenvalue weighted by Gasteiger charge is -2.23. The van der Waals surface area contributed by atoms with Gasteiger partial charge in [-0.25, -0.2) is 9.88 Å². The van der Waals surface area contributed by atoms with Gasteiger partial charge in [-0.2, -0.15) is 0 Å². The van der Waals surface area contributed by atoms with Gasteiger partial charge in [-0.05, 0) is 12.1 Å². The van der Waals surface area contributed by atoms with Gasteiger partial charge in [-0.3, -0.25) is 9.59 Å². The molecule has 0 radical (unpaired) electrons. The summed E-state index contributed by atoms with van der Waals surface area (Å²) in [5, 5.41) is 0.477. The zero-order valence-corrected chi connectivity index (χ0v) is 9.22. The van der Waals surface area contributed by atoms with Crippen molar-refractivity contribution in [3.8, 4) is 0 Å². The number of thioether (sulfide) groups is 1. The first-order valence-electron chi connectivity index (χ1n) is 4.23. The van der Waals surface area contributed by atoms with Crippen LogP contribution in [-0.4, -0.2) is 28.3 Å². The summed E-state index contributed by atoms with van der Waals surface area (Å²) in [7, 11) is 0. The lowest BCUT2D eigenvalue weighted by Crippen LogP contribution is -2.43. The lowest BCUT2D eigenvalue weighted by molar-refractivity contribution is -0.124. The molecule has 4 nitrogen and oxygen atoms in total. The number of anilines is 1. The van der Waals surface area contributed by atoms with Crippen LogP contribution in [0.5, 0.6) is 0 Å². The molecule has 78 valence electrons. The van der Waals surface area contributed by atoms with Gasteiger partial charge in [-0.15, -0.1) is 11.8 Å². The summed E-state index contributed by atoms with van der Waals surface area (Å²) in [6.45, 7) is 0. The number of carbonyl (C=O) groups excluding carboxylic acids is 2. The highest BCUT2D eigenvalue weighted by Gasteiger charge is 2.28. The molecule has 0 aliphatic carbocycles. The molecule has 0 atom stereocenters. The van der Waals surface area contributed by atoms with E-state index in [9.17, 15) is 9.59 Å². The highest BCUT2D eigenvalue weighted by atomic mass is 35.5. The monoisotopic (exact) mass is 242 g/mol. The van der Waals surface area contributed by atoms with Crippen LogP contribution in [-0.2, 0) is 9.59 Å². The Labute approximate surface area is 95.6 Å². The fourth-order valence-electron chi connectivity index (χ4n) is 1.25. The molecule has 2 amide bonds. The molecule has 2 heterocycles. The zero-order valence-electron chi connectivity index (χ0n) is 7.64. The van der Waals surface area contributed by atoms with Crippen molar-refractivity contribution >= 4 is 41.0 Å². The van der Waals surface area contributed by atoms with Gasteiger partial charge in [0.05, 0.1) is 16.5 Å². The maximum Gasteiger partial charge on any atom is 0.245 e. The van der Waals surface area contributed by atoms with E-state index in [1.165, 1.54) is 18.0 Å². The van der Waals surface area contributed by atoms with Crippen LogP contribution >= 0.6 is 23.4 Å². The number of carbonyl (C=O) groups is 2. The fraction of sp³-hybridized carbons (Fsp3) is 0.222. The van der Waals surface area contributed by atoms with Crippen molar-refractivity contribution in [3.63, 3.8) is 0 Å². The van der Waals surface area contributed by atoms with Crippen LogP contribution in [0, 0.1) is 0 Å². The minimum atomic E-state index is -0.230. The third-order valence-electron chi connectivity index (χ3n) is 1.89. The predicted molar refractivity (Wildman–Crippen MR) is 59.1 cm³/mol. The molecule has 1 saturated heterocycles. The summed E-state index contributed by atoms with van der Waals surface area (Å²) < 4.78 is 0. The van der Waals surface area contributed by atoms with Gasteiger partial charge < -0.3 is 0 Å². The molecule has 0 aromatic carbocycles. The molecule has 1 fully saturated rings. The van der Waals surface area contributed by atoms with E-state index in [1.807, 2.05) is 0 Å². The number of aromatic nitrogens is 1. The first-order chi connectivity index (χ1) is 7.18. The van der Waals surface area contributed by atoms with Crippen LogP contribution in [0.3, 0.4) is 0 Å². The zero-order chi connectivity index (χ0) is 10.8. The van der Waals surface area contributed by atoms with Gasteiger partial charge >= 0.3 is 0 Å². The van der Waals surface area contributed by atoms with Gasteiger partial charge in [0.1, 0.15) is 5.82 Å². The number of nitrogens with zero attached hydrogens (tertiary/aromatic N) is 2. The van der Waals surface area contributed by atoms with Crippen LogP contribution < -0.4 is 4.90 Å². The summed E-state index contributed by atoms with van der Waals surface area (Å²) in [6.07, 6.45) is 1.42. The van der Waals surface area contributed by atoms with E-state index in [1.54, 1.807) is 12.1 Å². The van der Waals surface area contributed by atoms with Crippen molar-refractivity contribution in [2.45, 2.75) is 0 Å². The Hall–Kier alpha value is -1.07. The molecule has 0 bridgehead atoms. The largest absolute Gasteiger partial charge is 0.273 e. The molecule has 15 heavy (non-hydrogen) atoms. The van der Waals surface area contributed by atoms with E-state index in [0.717, 1.165) is 4.90 Å². The SMILES string of the molecule is O=C1CSCC(=O)N1c1ccc(Cl)cn1. The number of imide groups is 1. The van der Waals surface area contributed by atoms with Crippen molar-refractivity contribution in [1.29, 1.82) is 0 Å². The van der Waals surface area contributed by atoms with E-state index >= 15 is 0 Å². The Morgan fingerprint density at radius 2 is 1.93 bits per heavy atom. The second-order valence-electron chi connectivity index (χ2n) is 2.95. The maximum absolute atomic E-state index is 11.5. The van der Waals surface area contributed by atoms with Gasteiger partial charge in [0.2, 0.25) is 11.8 Å². The van der Waals surface area contributed by atoms with Crippen molar-refractivity contribution < 1.29 is 9.59 Å². The molecular formula is C9H7ClN2O2S. The van der Waals surface area contributed by atoms with Gasteiger partial charge in [0.25, 0.3) is 0 Å². The van der Waals surface area contributed by atoms with Crippen LogP contribution in [0.4, 0.5) is 5.82 Å². The molecule has 1 aliphatic heterocycles. The van der Waals surface area contributed by atoms with E-state index < -0.39 is 0 Å². The van der Waals surface area contributed by atoms with E-state index in [2.05, 4.69) is 4.98 Å². The van der Waals surface area contributed by atoms with Crippen LogP contribution in [0.1, 0.15) is 0 Å². The van der Waals surface area contributed by atoms with Gasteiger partial charge in [0.15, 0.2) is 0 Å². The molecule has 0 spiro atoms. The van der Waals surface area contributed by atoms with E-state index in [0.29, 0.717) is 22.3 Å². The summed E-state index contributed by atoms with van der Waals surface area (Å²) in [5.74, 6) is 0.512. The fourth-order valence-corrected chi connectivity index (χ4v) is 2.07. The molecule has 0 saturated carbocycles. The van der Waals surface area contributed by atoms with Gasteiger partial charge in [0, 0.05) is 6.20 Å². The Kier molecular flexibility index (Phi) is 2.93. The summed E-state index contributed by atoms with van der Waals surface area (Å²) in [5.41, 5.74) is 0. The molecular weight excluding hydrogens is 236 g/mol. The minimum absolute atomic E-state index is 0.230. The highest BCUT2D eigenvalue weighted by molar-refractivity contribution is 8.00. The average Bonchev–Trinajstić information content (AvgIpc) is 2.20. The highest BCUT2D eigenvalue weighted by Crippen LogP contribution is 2.20. The standard InChI is InChI=1S/C9H7ClN2O2S/c10-6-1-2-7(11-3-6)12-8(13)4-15-5-9(12)14/h1-3H,4-5H2. The Balaban J connectivity index is 2.31. The quantitative estimate of drug-likeness (QED) is 0.698. The normalized spacial score (nSPS) is 17.0. The molecule has 0 unspecified atom stereocenters. The summed E-state index contributed by atoms with van der Waals surface area (Å²) in [4.78, 5) is 28.1. The molecule has 1 aliphatic rings. The van der Waals surface area contributed by atoms with E-state index in [-0.39, 0.29) is 11.8 Å². The Morgan fingerprint density at radius 3 is 2.47 bits per heavy atom. The van der Waals surface area contributed by atoms with Crippen LogP contribution in [0.15, 0.2) is 18.3 Å². The first-order valence-corrected chi connectivity index (χ1v) is 5.77. The van der Waals surface area contributed by atoms with Crippen molar-refractivity contribution in [3.05, 3.63) is 23.4 Å². The minimum Gasteiger partial charge on any atom is -0.273 e. The topological polar surface area (TPSA) is 50.3 Å². The smallest absolute Gasteiger partial charge is 0.245 e. The summed E-state index contributed by atoms with van der Waals surface area (Å²) in [6, 6.07) is 3.17. The molecule has 1 aromatic rings. The van der Waals surface area contributed by atoms with Gasteiger partial charge in [-0.1, -0.05) is 11.6 Å². The number of pyridine rings is 1. The number of hydrogen-bond donors (Lipinski definition) is 0. The lowest BCUT2D eigenvalue weighted by atomic mass is 10.4. The molecule has 1 aromatic heterocycles. The number of amides is 2. The number of hydrogen-bond acceptors (Lipinski definition) is 4. The molecule has 2 rings (SSSR count). The predicted octanol–water partition coefficient (Wildman–Crippen LogP) is 1.34. The molecule has 6 heteroatoms. The second kappa shape index (κ2) is 4.20. The molecule has 0 N–H and O–H groups in total. The van der Waals surface area contributed by atoms with Crippen LogP contribution in [0.25, 0.3) is 0 Å². The second-order valence-corrected chi connectivity index (χ2v) is 4.37. The maximum atomic E-state index is 11.5. The van der Waals surface area contributed by atoms with E-state index in [4.69, 9.17) is 11.6 Å². The van der Waals surface area contributed by atoms with Crippen LogP contribution in [0.2, 0.25) is 5.02 Å². The number of halogens is 1. The Bertz CT molecular complexity index is 391. The van der Waals surface area contributed by atoms with Crippen molar-refractivity contribution in [2.24, 2.45) is 0 Å². The van der Waals surface area contributed by atoms with Crippen molar-refractivity contribution in [2.75, 3.05) is 16.4 Å². The van der Waals surface area contributed by atoms with Crippen molar-refractivity contribution in [1.82, 2.24) is 4.98 Å². The third kappa shape index (κ3) is 2.13. The summed E-state index contributed by atoms with van der Waals surface area (Å²) >= 11 is 6.99. The first kappa shape index (κ1) is 10.4. The Morgan fingerprint density at radius 1 is 1.27 bits per heavy atom. The average molecular weight is 243 g/mol. The third-order valence-corrected chi connectivity index (χ3v) is 3.02. The number of rotatable bonds is 1.